The van der Waals surface area contributed by atoms with E-state index >= 15 is 0 Å². The number of rotatable bonds is 4. The van der Waals surface area contributed by atoms with Crippen LogP contribution in [-0.2, 0) is 0 Å². The number of allylic oxidation sites excluding steroid dienone is 3. The smallest absolute Gasteiger partial charge is 0.151 e. The maximum absolute atomic E-state index is 5.09. The maximum atomic E-state index is 5.09. The van der Waals surface area contributed by atoms with Crippen LogP contribution in [0.1, 0.15) is 66.1 Å². The van der Waals surface area contributed by atoms with Gasteiger partial charge in [-0.1, -0.05) is 76.9 Å². The minimum Gasteiger partial charge on any atom is -0.259 e. The molecule has 0 spiro atoms. The lowest BCUT2D eigenvalue weighted by atomic mass is 10.0. The summed E-state index contributed by atoms with van der Waals surface area (Å²) in [6, 6.07) is 13.3. The second-order valence-electron chi connectivity index (χ2n) is 8.28. The van der Waals surface area contributed by atoms with Crippen LogP contribution in [-0.4, -0.2) is 11.5 Å². The fraction of sp³-hybridized carbons (Fsp3) is 0.333. The van der Waals surface area contributed by atoms with E-state index in [2.05, 4.69) is 96.2 Å². The van der Waals surface area contributed by atoms with Gasteiger partial charge in [-0.15, -0.1) is 0 Å². The van der Waals surface area contributed by atoms with Gasteiger partial charge in [-0.2, -0.15) is 0 Å². The molecular weight excluding hydrogens is 352 g/mol. The molecule has 29 heavy (non-hydrogen) atoms. The van der Waals surface area contributed by atoms with Gasteiger partial charge >= 0.3 is 0 Å². The number of amidine groups is 1. The Morgan fingerprint density at radius 3 is 2.00 bits per heavy atom. The van der Waals surface area contributed by atoms with Crippen LogP contribution in [0.4, 0.5) is 0 Å². The Morgan fingerprint density at radius 1 is 0.862 bits per heavy atom. The molecule has 1 aliphatic carbocycles. The molecule has 0 radical (unpaired) electrons. The highest BCUT2D eigenvalue weighted by molar-refractivity contribution is 6.11. The van der Waals surface area contributed by atoms with E-state index in [0.717, 1.165) is 24.4 Å². The lowest BCUT2D eigenvalue weighted by Crippen LogP contribution is -2.09. The van der Waals surface area contributed by atoms with Crippen molar-refractivity contribution in [2.75, 3.05) is 0 Å². The number of nitrogens with zero attached hydrogens (tertiary/aromatic N) is 2. The summed E-state index contributed by atoms with van der Waals surface area (Å²) < 4.78 is 0. The summed E-state index contributed by atoms with van der Waals surface area (Å²) in [5.74, 6) is 0.859. The van der Waals surface area contributed by atoms with Gasteiger partial charge in [-0.05, 0) is 71.1 Å². The van der Waals surface area contributed by atoms with Gasteiger partial charge in [0.05, 0.1) is 6.04 Å². The predicted octanol–water partition coefficient (Wildman–Crippen LogP) is 7.17. The summed E-state index contributed by atoms with van der Waals surface area (Å²) >= 11 is 0. The molecule has 0 bridgehead atoms. The lowest BCUT2D eigenvalue weighted by molar-refractivity contribution is 0.812. The van der Waals surface area contributed by atoms with E-state index in [1.165, 1.54) is 39.0 Å². The Balaban J connectivity index is 2.03. The molecule has 150 valence electrons. The van der Waals surface area contributed by atoms with E-state index in [1.807, 2.05) is 0 Å². The molecule has 1 aliphatic rings. The first-order chi connectivity index (χ1) is 13.8. The molecule has 2 heteroatoms. The molecule has 2 aromatic rings. The van der Waals surface area contributed by atoms with Crippen LogP contribution in [0, 0.1) is 27.7 Å². The van der Waals surface area contributed by atoms with Crippen molar-refractivity contribution in [2.45, 2.75) is 60.4 Å². The molecule has 0 saturated carbocycles. The average molecular weight is 385 g/mol. The van der Waals surface area contributed by atoms with E-state index in [1.54, 1.807) is 0 Å². The third-order valence-electron chi connectivity index (χ3n) is 5.26. The van der Waals surface area contributed by atoms with Gasteiger partial charge in [0.25, 0.3) is 0 Å². The number of hydrogen-bond donors (Lipinski definition) is 0. The van der Waals surface area contributed by atoms with E-state index in [-0.39, 0.29) is 6.04 Å². The van der Waals surface area contributed by atoms with Crippen molar-refractivity contribution in [1.29, 1.82) is 0 Å². The highest BCUT2D eigenvalue weighted by Gasteiger charge is 2.13. The van der Waals surface area contributed by atoms with Gasteiger partial charge in [0.15, 0.2) is 5.84 Å². The molecule has 1 atom stereocenters. The molecule has 0 amide bonds. The van der Waals surface area contributed by atoms with Crippen LogP contribution < -0.4 is 0 Å². The molecule has 2 nitrogen and oxygen atoms in total. The van der Waals surface area contributed by atoms with Crippen molar-refractivity contribution in [3.63, 3.8) is 0 Å². The summed E-state index contributed by atoms with van der Waals surface area (Å²) in [6.45, 7) is 12.8. The summed E-state index contributed by atoms with van der Waals surface area (Å²) in [6.07, 6.45) is 8.51. The van der Waals surface area contributed by atoms with Crippen LogP contribution in [0.15, 0.2) is 70.2 Å². The van der Waals surface area contributed by atoms with E-state index in [9.17, 15) is 0 Å². The summed E-state index contributed by atoms with van der Waals surface area (Å²) in [5, 5.41) is 0. The topological polar surface area (TPSA) is 24.7 Å². The molecule has 0 aromatic heterocycles. The van der Waals surface area contributed by atoms with E-state index < -0.39 is 0 Å². The monoisotopic (exact) mass is 384 g/mol. The van der Waals surface area contributed by atoms with Crippen molar-refractivity contribution in [1.82, 2.24) is 0 Å². The first kappa shape index (κ1) is 21.0. The molecule has 2 aromatic carbocycles. The molecule has 0 saturated heterocycles. The fourth-order valence-electron chi connectivity index (χ4n) is 3.89. The third-order valence-corrected chi connectivity index (χ3v) is 5.26. The zero-order valence-electron chi connectivity index (χ0n) is 18.6. The zero-order chi connectivity index (χ0) is 21.0. The molecule has 3 rings (SSSR count). The van der Waals surface area contributed by atoms with Gasteiger partial charge in [-0.25, -0.2) is 4.99 Å². The summed E-state index contributed by atoms with van der Waals surface area (Å²) in [5.41, 5.74) is 9.71. The largest absolute Gasteiger partial charge is 0.259 e. The number of aliphatic imine (C=N–C) groups is 2. The van der Waals surface area contributed by atoms with Crippen molar-refractivity contribution < 1.29 is 0 Å². The Labute approximate surface area is 175 Å². The minimum atomic E-state index is 0.0613. The molecule has 1 unspecified atom stereocenters. The fourth-order valence-corrected chi connectivity index (χ4v) is 3.89. The number of benzene rings is 2. The average Bonchev–Trinajstić information content (AvgIpc) is 2.66. The van der Waals surface area contributed by atoms with Gasteiger partial charge in [0, 0.05) is 5.71 Å². The summed E-state index contributed by atoms with van der Waals surface area (Å²) in [4.78, 5) is 10.1. The minimum absolute atomic E-state index is 0.0613. The van der Waals surface area contributed by atoms with Crippen molar-refractivity contribution >= 4 is 11.5 Å². The molecule has 0 heterocycles. The molecule has 0 fully saturated rings. The predicted molar refractivity (Wildman–Crippen MR) is 126 cm³/mol. The van der Waals surface area contributed by atoms with Gasteiger partial charge < -0.3 is 0 Å². The van der Waals surface area contributed by atoms with Gasteiger partial charge in [0.2, 0.25) is 0 Å². The van der Waals surface area contributed by atoms with Crippen LogP contribution >= 0.6 is 0 Å². The van der Waals surface area contributed by atoms with Crippen molar-refractivity contribution in [3.8, 4) is 0 Å². The zero-order valence-corrected chi connectivity index (χ0v) is 18.6. The second-order valence-corrected chi connectivity index (χ2v) is 8.28. The SMILES string of the molecule is CC(=NC(=NC(C)c1cc(C)cc(C)c1)C1=CC=CCC1)c1cc(C)cc(C)c1. The number of hydrogen-bond acceptors (Lipinski definition) is 1. The van der Waals surface area contributed by atoms with Crippen LogP contribution in [0.5, 0.6) is 0 Å². The Kier molecular flexibility index (Phi) is 6.64. The summed E-state index contributed by atoms with van der Waals surface area (Å²) in [7, 11) is 0. The maximum Gasteiger partial charge on any atom is 0.151 e. The molecule has 0 aliphatic heterocycles. The Morgan fingerprint density at radius 2 is 1.45 bits per heavy atom. The Bertz CT molecular complexity index is 978. The van der Waals surface area contributed by atoms with Crippen LogP contribution in [0.2, 0.25) is 0 Å². The van der Waals surface area contributed by atoms with E-state index in [4.69, 9.17) is 9.98 Å². The van der Waals surface area contributed by atoms with Crippen molar-refractivity contribution in [3.05, 3.63) is 93.6 Å². The van der Waals surface area contributed by atoms with Gasteiger partial charge in [0.1, 0.15) is 0 Å². The number of aryl methyl sites for hydroxylation is 4. The molecular formula is C27H32N2. The lowest BCUT2D eigenvalue weighted by Gasteiger charge is -2.15. The first-order valence-corrected chi connectivity index (χ1v) is 10.5. The molecule has 0 N–H and O–H groups in total. The normalized spacial score (nSPS) is 16.0. The first-order valence-electron chi connectivity index (χ1n) is 10.5. The Hall–Kier alpha value is -2.74. The third kappa shape index (κ3) is 5.63. The quantitative estimate of drug-likeness (QED) is 0.394. The van der Waals surface area contributed by atoms with Gasteiger partial charge in [-0.3, -0.25) is 4.99 Å². The highest BCUT2D eigenvalue weighted by atomic mass is 14.9. The van der Waals surface area contributed by atoms with Crippen LogP contribution in [0.25, 0.3) is 0 Å². The second kappa shape index (κ2) is 9.17. The van der Waals surface area contributed by atoms with E-state index in [0.29, 0.717) is 0 Å². The van der Waals surface area contributed by atoms with Crippen molar-refractivity contribution in [2.24, 2.45) is 9.98 Å². The standard InChI is InChI=1S/C27H32N2/c1-18-12-19(2)15-25(14-18)22(5)28-27(24-10-8-7-9-11-24)29-23(6)26-16-20(3)13-21(4)17-26/h7-8,10,12-17,22H,9,11H2,1-6H3. The van der Waals surface area contributed by atoms with Crippen LogP contribution in [0.3, 0.4) is 0 Å². The highest BCUT2D eigenvalue weighted by Crippen LogP contribution is 2.24.